The van der Waals surface area contributed by atoms with Gasteiger partial charge in [0.25, 0.3) is 0 Å². The number of fused-ring (bicyclic) bond motifs is 1. The lowest BCUT2D eigenvalue weighted by Gasteiger charge is -2.08. The number of aryl methyl sites for hydroxylation is 2. The van der Waals surface area contributed by atoms with Gasteiger partial charge >= 0.3 is 0 Å². The zero-order valence-electron chi connectivity index (χ0n) is 14.0. The fourth-order valence-corrected chi connectivity index (χ4v) is 3.14. The third-order valence-electron chi connectivity index (χ3n) is 4.76. The first-order valence-electron chi connectivity index (χ1n) is 8.45. The Kier molecular flexibility index (Phi) is 5.01. The first kappa shape index (κ1) is 16.1. The molecule has 23 heavy (non-hydrogen) atoms. The van der Waals surface area contributed by atoms with E-state index in [1.54, 1.807) is 6.26 Å². The number of hydrogen-bond donors (Lipinski definition) is 1. The van der Waals surface area contributed by atoms with Crippen LogP contribution < -0.4 is 5.32 Å². The van der Waals surface area contributed by atoms with Crippen LogP contribution in [0, 0.1) is 19.8 Å². The van der Waals surface area contributed by atoms with Crippen LogP contribution in [0.4, 0.5) is 0 Å². The van der Waals surface area contributed by atoms with Crippen molar-refractivity contribution in [2.24, 2.45) is 5.92 Å². The summed E-state index contributed by atoms with van der Waals surface area (Å²) in [6, 6.07) is 4.15. The number of nitrogens with one attached hydrogen (secondary N) is 1. The van der Waals surface area contributed by atoms with Crippen molar-refractivity contribution < 1.29 is 13.9 Å². The molecule has 1 N–H and O–H groups in total. The average molecular weight is 315 g/mol. The Balaban J connectivity index is 1.50. The van der Waals surface area contributed by atoms with Crippen LogP contribution in [0.3, 0.4) is 0 Å². The van der Waals surface area contributed by atoms with Crippen molar-refractivity contribution in [2.75, 3.05) is 19.8 Å². The Morgan fingerprint density at radius 3 is 2.91 bits per heavy atom. The van der Waals surface area contributed by atoms with Crippen LogP contribution in [-0.4, -0.2) is 25.7 Å². The molecule has 124 valence electrons. The van der Waals surface area contributed by atoms with Crippen molar-refractivity contribution in [1.82, 2.24) is 5.32 Å². The number of ether oxygens (including phenoxy) is 1. The van der Waals surface area contributed by atoms with Crippen LogP contribution >= 0.6 is 0 Å². The third kappa shape index (κ3) is 3.94. The molecule has 1 aromatic carbocycles. The maximum Gasteiger partial charge on any atom is 0.224 e. The van der Waals surface area contributed by atoms with Crippen LogP contribution in [0.2, 0.25) is 0 Å². The second kappa shape index (κ2) is 7.18. The van der Waals surface area contributed by atoms with Gasteiger partial charge in [-0.05, 0) is 62.3 Å². The van der Waals surface area contributed by atoms with E-state index in [2.05, 4.69) is 25.2 Å². The lowest BCUT2D eigenvalue weighted by atomic mass is 10.0. The summed E-state index contributed by atoms with van der Waals surface area (Å²) in [4.78, 5) is 12.1. The van der Waals surface area contributed by atoms with Crippen LogP contribution in [0.1, 0.15) is 36.0 Å². The molecule has 1 aliphatic heterocycles. The highest BCUT2D eigenvalue weighted by Gasteiger charge is 2.15. The van der Waals surface area contributed by atoms with E-state index in [0.717, 1.165) is 55.6 Å². The van der Waals surface area contributed by atoms with Crippen LogP contribution in [-0.2, 0) is 16.0 Å². The fourth-order valence-electron chi connectivity index (χ4n) is 3.14. The Bertz CT molecular complexity index is 683. The predicted octanol–water partition coefficient (Wildman–Crippen LogP) is 3.53. The number of amides is 1. The molecule has 0 unspecified atom stereocenters. The molecule has 1 aromatic heterocycles. The molecule has 3 rings (SSSR count). The van der Waals surface area contributed by atoms with Gasteiger partial charge in [0, 0.05) is 30.7 Å². The molecule has 2 aromatic rings. The Hall–Kier alpha value is -1.81. The summed E-state index contributed by atoms with van der Waals surface area (Å²) in [6.07, 6.45) is 5.40. The molecule has 1 aliphatic rings. The highest BCUT2D eigenvalue weighted by Crippen LogP contribution is 2.25. The number of carbonyl (C=O) groups excluding carboxylic acids is 1. The van der Waals surface area contributed by atoms with Gasteiger partial charge in [-0.25, -0.2) is 0 Å². The highest BCUT2D eigenvalue weighted by molar-refractivity contribution is 5.88. The monoisotopic (exact) mass is 315 g/mol. The van der Waals surface area contributed by atoms with Crippen molar-refractivity contribution in [3.8, 4) is 0 Å². The second-order valence-corrected chi connectivity index (χ2v) is 6.59. The Morgan fingerprint density at radius 1 is 1.30 bits per heavy atom. The summed E-state index contributed by atoms with van der Waals surface area (Å²) in [7, 11) is 0. The molecule has 0 spiro atoms. The zero-order chi connectivity index (χ0) is 16.2. The average Bonchev–Trinajstić information content (AvgIpc) is 3.16. The summed E-state index contributed by atoms with van der Waals surface area (Å²) in [5.74, 6) is 0.740. The topological polar surface area (TPSA) is 51.5 Å². The van der Waals surface area contributed by atoms with Gasteiger partial charge in [0.05, 0.1) is 12.7 Å². The minimum absolute atomic E-state index is 0.0635. The molecule has 1 fully saturated rings. The van der Waals surface area contributed by atoms with Gasteiger partial charge in [-0.2, -0.15) is 0 Å². The molecular weight excluding hydrogens is 290 g/mol. The van der Waals surface area contributed by atoms with E-state index < -0.39 is 0 Å². The van der Waals surface area contributed by atoms with Crippen LogP contribution in [0.5, 0.6) is 0 Å². The van der Waals surface area contributed by atoms with Crippen molar-refractivity contribution in [3.63, 3.8) is 0 Å². The summed E-state index contributed by atoms with van der Waals surface area (Å²) in [5.41, 5.74) is 4.25. The van der Waals surface area contributed by atoms with Gasteiger partial charge in [-0.15, -0.1) is 0 Å². The molecule has 0 radical (unpaired) electrons. The van der Waals surface area contributed by atoms with Crippen LogP contribution in [0.25, 0.3) is 11.0 Å². The van der Waals surface area contributed by atoms with Gasteiger partial charge in [-0.3, -0.25) is 4.79 Å². The van der Waals surface area contributed by atoms with Crippen molar-refractivity contribution in [3.05, 3.63) is 35.1 Å². The maximum atomic E-state index is 12.1. The van der Waals surface area contributed by atoms with E-state index in [1.165, 1.54) is 11.1 Å². The third-order valence-corrected chi connectivity index (χ3v) is 4.76. The van der Waals surface area contributed by atoms with E-state index in [9.17, 15) is 4.79 Å². The number of carbonyl (C=O) groups is 1. The fraction of sp³-hybridized carbons (Fsp3) is 0.526. The Labute approximate surface area is 137 Å². The predicted molar refractivity (Wildman–Crippen MR) is 90.6 cm³/mol. The van der Waals surface area contributed by atoms with Crippen molar-refractivity contribution >= 4 is 16.9 Å². The minimum Gasteiger partial charge on any atom is -0.464 e. The first-order valence-corrected chi connectivity index (χ1v) is 8.45. The zero-order valence-corrected chi connectivity index (χ0v) is 14.0. The quantitative estimate of drug-likeness (QED) is 0.830. The van der Waals surface area contributed by atoms with E-state index >= 15 is 0 Å². The molecular formula is C19H25NO3. The SMILES string of the molecule is Cc1cc2occ(CC(=O)NCCC[C@H]3CCOC3)c2cc1C. The van der Waals surface area contributed by atoms with E-state index in [0.29, 0.717) is 12.3 Å². The number of benzene rings is 1. The minimum atomic E-state index is 0.0635. The maximum absolute atomic E-state index is 12.1. The normalized spacial score (nSPS) is 17.7. The highest BCUT2D eigenvalue weighted by atomic mass is 16.5. The summed E-state index contributed by atoms with van der Waals surface area (Å²) < 4.78 is 11.0. The first-order chi connectivity index (χ1) is 11.1. The lowest BCUT2D eigenvalue weighted by Crippen LogP contribution is -2.26. The smallest absolute Gasteiger partial charge is 0.224 e. The number of hydrogen-bond acceptors (Lipinski definition) is 3. The van der Waals surface area contributed by atoms with Gasteiger partial charge in [0.1, 0.15) is 5.58 Å². The summed E-state index contributed by atoms with van der Waals surface area (Å²) in [6.45, 7) is 6.66. The Morgan fingerprint density at radius 2 is 2.13 bits per heavy atom. The summed E-state index contributed by atoms with van der Waals surface area (Å²) in [5, 5.41) is 4.06. The molecule has 2 heterocycles. The van der Waals surface area contributed by atoms with Gasteiger partial charge in [-0.1, -0.05) is 0 Å². The van der Waals surface area contributed by atoms with Gasteiger partial charge in [0.2, 0.25) is 5.91 Å². The number of rotatable bonds is 6. The molecule has 4 heteroatoms. The van der Waals surface area contributed by atoms with Crippen molar-refractivity contribution in [1.29, 1.82) is 0 Å². The van der Waals surface area contributed by atoms with Gasteiger partial charge < -0.3 is 14.5 Å². The van der Waals surface area contributed by atoms with Gasteiger partial charge in [0.15, 0.2) is 0 Å². The second-order valence-electron chi connectivity index (χ2n) is 6.59. The molecule has 1 saturated heterocycles. The molecule has 1 atom stereocenters. The molecule has 0 aliphatic carbocycles. The van der Waals surface area contributed by atoms with E-state index in [-0.39, 0.29) is 5.91 Å². The van der Waals surface area contributed by atoms with E-state index in [4.69, 9.17) is 9.15 Å². The molecule has 0 saturated carbocycles. The molecule has 4 nitrogen and oxygen atoms in total. The summed E-state index contributed by atoms with van der Waals surface area (Å²) >= 11 is 0. The molecule has 0 bridgehead atoms. The lowest BCUT2D eigenvalue weighted by molar-refractivity contribution is -0.120. The largest absolute Gasteiger partial charge is 0.464 e. The van der Waals surface area contributed by atoms with Crippen LogP contribution in [0.15, 0.2) is 22.8 Å². The standard InChI is InChI=1S/C19H25NO3/c1-13-8-17-16(12-23-18(17)9-14(13)2)10-19(21)20-6-3-4-15-5-7-22-11-15/h8-9,12,15H,3-7,10-11H2,1-2H3,(H,20,21)/t15-/m0/s1. The molecule has 1 amide bonds. The number of furan rings is 1. The van der Waals surface area contributed by atoms with E-state index in [1.807, 2.05) is 6.07 Å². The van der Waals surface area contributed by atoms with Crippen molar-refractivity contribution in [2.45, 2.75) is 39.5 Å².